The molecule has 2 amide bonds. The molecule has 1 aliphatic rings. The van der Waals surface area contributed by atoms with Crippen molar-refractivity contribution in [1.29, 1.82) is 0 Å². The average molecular weight is 364 g/mol. The van der Waals surface area contributed by atoms with Crippen molar-refractivity contribution in [1.82, 2.24) is 14.7 Å². The van der Waals surface area contributed by atoms with Crippen LogP contribution in [0.2, 0.25) is 0 Å². The molecule has 0 radical (unpaired) electrons. The molecular formula is C20H20N4O3. The highest BCUT2D eigenvalue weighted by Crippen LogP contribution is 2.26. The number of aromatic nitrogens is 2. The second-order valence-electron chi connectivity index (χ2n) is 6.44. The Morgan fingerprint density at radius 2 is 2.19 bits per heavy atom. The third-order valence-corrected chi connectivity index (χ3v) is 4.42. The van der Waals surface area contributed by atoms with E-state index in [4.69, 9.17) is 4.74 Å². The third kappa shape index (κ3) is 4.08. The van der Waals surface area contributed by atoms with Gasteiger partial charge in [-0.2, -0.15) is 0 Å². The number of pyridine rings is 1. The zero-order chi connectivity index (χ0) is 18.6. The fraction of sp³-hybridized carbons (Fsp3) is 0.250. The van der Waals surface area contributed by atoms with Gasteiger partial charge in [-0.25, -0.2) is 4.98 Å². The van der Waals surface area contributed by atoms with Crippen LogP contribution in [0.25, 0.3) is 5.65 Å². The summed E-state index contributed by atoms with van der Waals surface area (Å²) in [5.74, 6) is 0.694. The van der Waals surface area contributed by atoms with Crippen LogP contribution in [0.5, 0.6) is 5.75 Å². The molecule has 0 atom stereocenters. The maximum atomic E-state index is 12.1. The summed E-state index contributed by atoms with van der Waals surface area (Å²) in [4.78, 5) is 27.9. The topological polar surface area (TPSA) is 84.7 Å². The number of benzene rings is 1. The predicted octanol–water partition coefficient (Wildman–Crippen LogP) is 1.96. The zero-order valence-corrected chi connectivity index (χ0v) is 14.8. The van der Waals surface area contributed by atoms with Crippen LogP contribution in [0.1, 0.15) is 17.7 Å². The highest BCUT2D eigenvalue weighted by molar-refractivity contribution is 5.94. The molecule has 7 heteroatoms. The van der Waals surface area contributed by atoms with Gasteiger partial charge >= 0.3 is 0 Å². The Bertz CT molecular complexity index is 963. The lowest BCUT2D eigenvalue weighted by atomic mass is 10.0. The van der Waals surface area contributed by atoms with Crippen LogP contribution in [-0.4, -0.2) is 34.4 Å². The predicted molar refractivity (Wildman–Crippen MR) is 101 cm³/mol. The van der Waals surface area contributed by atoms with Crippen molar-refractivity contribution in [3.05, 3.63) is 60.0 Å². The van der Waals surface area contributed by atoms with Gasteiger partial charge in [0.25, 0.3) is 0 Å². The molecular weight excluding hydrogens is 344 g/mol. The summed E-state index contributed by atoms with van der Waals surface area (Å²) in [6.07, 6.45) is 5.21. The Kier molecular flexibility index (Phi) is 4.74. The van der Waals surface area contributed by atoms with Crippen molar-refractivity contribution < 1.29 is 14.3 Å². The van der Waals surface area contributed by atoms with Gasteiger partial charge < -0.3 is 19.8 Å². The Morgan fingerprint density at radius 1 is 1.26 bits per heavy atom. The molecule has 0 aliphatic carbocycles. The van der Waals surface area contributed by atoms with E-state index in [1.54, 1.807) is 0 Å². The van der Waals surface area contributed by atoms with Gasteiger partial charge in [0.2, 0.25) is 11.8 Å². The third-order valence-electron chi connectivity index (χ3n) is 4.42. The maximum Gasteiger partial charge on any atom is 0.226 e. The molecule has 0 saturated heterocycles. The number of ether oxygens (including phenoxy) is 1. The van der Waals surface area contributed by atoms with Gasteiger partial charge in [-0.15, -0.1) is 0 Å². The van der Waals surface area contributed by atoms with E-state index in [0.717, 1.165) is 28.3 Å². The molecule has 0 bridgehead atoms. The van der Waals surface area contributed by atoms with Crippen LogP contribution in [0, 0.1) is 0 Å². The molecule has 3 aromatic rings. The Hall–Kier alpha value is -3.35. The number of imidazole rings is 1. The van der Waals surface area contributed by atoms with E-state index in [1.807, 2.05) is 53.2 Å². The van der Waals surface area contributed by atoms with Crippen molar-refractivity contribution in [3.63, 3.8) is 0 Å². The molecule has 138 valence electrons. The lowest BCUT2D eigenvalue weighted by Gasteiger charge is -2.17. The highest BCUT2D eigenvalue weighted by atomic mass is 16.5. The van der Waals surface area contributed by atoms with Gasteiger partial charge in [0.1, 0.15) is 18.0 Å². The van der Waals surface area contributed by atoms with Gasteiger partial charge in [-0.05, 0) is 42.3 Å². The average Bonchev–Trinajstić information content (AvgIpc) is 3.07. The molecule has 0 fully saturated rings. The second-order valence-corrected chi connectivity index (χ2v) is 6.44. The second kappa shape index (κ2) is 7.49. The minimum Gasteiger partial charge on any atom is -0.492 e. The number of carbonyl (C=O) groups excluding carboxylic acids is 2. The molecule has 2 aromatic heterocycles. The standard InChI is InChI=1S/C20H20N4O3/c25-19-7-4-14-11-16(5-6-17(14)23-19)27-10-8-21-20(26)12-15-13-24-9-2-1-3-18(24)22-15/h1-3,5-6,9,11,13H,4,7-8,10,12H2,(H,21,26)(H,23,25). The number of nitrogens with zero attached hydrogens (tertiary/aromatic N) is 2. The van der Waals surface area contributed by atoms with E-state index in [-0.39, 0.29) is 18.2 Å². The summed E-state index contributed by atoms with van der Waals surface area (Å²) in [7, 11) is 0. The van der Waals surface area contributed by atoms with Crippen molar-refractivity contribution in [2.24, 2.45) is 0 Å². The summed E-state index contributed by atoms with van der Waals surface area (Å²) < 4.78 is 7.59. The van der Waals surface area contributed by atoms with Gasteiger partial charge in [0.15, 0.2) is 0 Å². The molecule has 4 rings (SSSR count). The number of anilines is 1. The maximum absolute atomic E-state index is 12.1. The van der Waals surface area contributed by atoms with Gasteiger partial charge in [0.05, 0.1) is 18.7 Å². The van der Waals surface area contributed by atoms with Crippen molar-refractivity contribution in [3.8, 4) is 5.75 Å². The van der Waals surface area contributed by atoms with Crippen molar-refractivity contribution in [2.45, 2.75) is 19.3 Å². The zero-order valence-electron chi connectivity index (χ0n) is 14.8. The number of hydrogen-bond donors (Lipinski definition) is 2. The van der Waals surface area contributed by atoms with Gasteiger partial charge in [-0.3, -0.25) is 9.59 Å². The van der Waals surface area contributed by atoms with E-state index in [1.165, 1.54) is 0 Å². The van der Waals surface area contributed by atoms with Crippen LogP contribution >= 0.6 is 0 Å². The quantitative estimate of drug-likeness (QED) is 0.655. The summed E-state index contributed by atoms with van der Waals surface area (Å²) in [5.41, 5.74) is 3.48. The summed E-state index contributed by atoms with van der Waals surface area (Å²) in [6, 6.07) is 11.3. The van der Waals surface area contributed by atoms with Crippen molar-refractivity contribution in [2.75, 3.05) is 18.5 Å². The van der Waals surface area contributed by atoms with E-state index in [0.29, 0.717) is 26.0 Å². The fourth-order valence-electron chi connectivity index (χ4n) is 3.11. The summed E-state index contributed by atoms with van der Waals surface area (Å²) in [5, 5.41) is 5.69. The first kappa shape index (κ1) is 17.1. The minimum absolute atomic E-state index is 0.0458. The Labute approximate surface area is 156 Å². The first-order chi connectivity index (χ1) is 13.2. The monoisotopic (exact) mass is 364 g/mol. The Morgan fingerprint density at radius 3 is 3.07 bits per heavy atom. The largest absolute Gasteiger partial charge is 0.492 e. The van der Waals surface area contributed by atoms with Gasteiger partial charge in [-0.1, -0.05) is 6.07 Å². The molecule has 3 heterocycles. The van der Waals surface area contributed by atoms with E-state index >= 15 is 0 Å². The lowest BCUT2D eigenvalue weighted by Crippen LogP contribution is -2.29. The minimum atomic E-state index is -0.0878. The van der Waals surface area contributed by atoms with E-state index < -0.39 is 0 Å². The fourth-order valence-corrected chi connectivity index (χ4v) is 3.11. The van der Waals surface area contributed by atoms with E-state index in [2.05, 4.69) is 15.6 Å². The molecule has 0 unspecified atom stereocenters. The molecule has 7 nitrogen and oxygen atoms in total. The van der Waals surface area contributed by atoms with Crippen LogP contribution in [0.4, 0.5) is 5.69 Å². The number of aryl methyl sites for hydroxylation is 1. The van der Waals surface area contributed by atoms with Crippen LogP contribution in [0.15, 0.2) is 48.8 Å². The van der Waals surface area contributed by atoms with Gasteiger partial charge in [0, 0.05) is 24.5 Å². The number of hydrogen-bond acceptors (Lipinski definition) is 4. The Balaban J connectivity index is 1.24. The van der Waals surface area contributed by atoms with Crippen molar-refractivity contribution >= 4 is 23.1 Å². The number of amides is 2. The van der Waals surface area contributed by atoms with Crippen LogP contribution < -0.4 is 15.4 Å². The number of nitrogens with one attached hydrogen (secondary N) is 2. The molecule has 1 aliphatic heterocycles. The first-order valence-corrected chi connectivity index (χ1v) is 8.92. The first-order valence-electron chi connectivity index (χ1n) is 8.92. The van der Waals surface area contributed by atoms with Crippen LogP contribution in [0.3, 0.4) is 0 Å². The molecule has 0 saturated carbocycles. The number of carbonyl (C=O) groups is 2. The molecule has 2 N–H and O–H groups in total. The summed E-state index contributed by atoms with van der Waals surface area (Å²) in [6.45, 7) is 0.794. The van der Waals surface area contributed by atoms with E-state index in [9.17, 15) is 9.59 Å². The lowest BCUT2D eigenvalue weighted by molar-refractivity contribution is -0.120. The molecule has 27 heavy (non-hydrogen) atoms. The summed E-state index contributed by atoms with van der Waals surface area (Å²) >= 11 is 0. The number of rotatable bonds is 6. The smallest absolute Gasteiger partial charge is 0.226 e. The highest BCUT2D eigenvalue weighted by Gasteiger charge is 2.15. The van der Waals surface area contributed by atoms with Crippen LogP contribution in [-0.2, 0) is 22.4 Å². The normalized spacial score (nSPS) is 13.1. The SMILES string of the molecule is O=C(Cc1cn2ccccc2n1)NCCOc1ccc2c(c1)CCC(=O)N2. The number of fused-ring (bicyclic) bond motifs is 2. The molecule has 1 aromatic carbocycles. The molecule has 0 spiro atoms.